The number of hydrogen-bond acceptors (Lipinski definition) is 3. The highest BCUT2D eigenvalue weighted by Crippen LogP contribution is 2.33. The van der Waals surface area contributed by atoms with Gasteiger partial charge >= 0.3 is 0 Å². The maximum absolute atomic E-state index is 5.70. The predicted octanol–water partition coefficient (Wildman–Crippen LogP) is 4.24. The number of hydrogen-bond donors (Lipinski definition) is 0. The van der Waals surface area contributed by atoms with Crippen molar-refractivity contribution in [2.24, 2.45) is 0 Å². The topological polar surface area (TPSA) is 27.7 Å². The SMILES string of the molecule is [CH2]c1c(OCCC)cc(OCCC)cc1OCCC. The lowest BCUT2D eigenvalue weighted by atomic mass is 10.2. The first-order valence-corrected chi connectivity index (χ1v) is 7.11. The molecule has 0 spiro atoms. The summed E-state index contributed by atoms with van der Waals surface area (Å²) in [5.74, 6) is 2.29. The van der Waals surface area contributed by atoms with Crippen LogP contribution in [-0.4, -0.2) is 19.8 Å². The second kappa shape index (κ2) is 8.68. The first-order valence-electron chi connectivity index (χ1n) is 7.11. The van der Waals surface area contributed by atoms with Crippen LogP contribution >= 0.6 is 0 Å². The minimum atomic E-state index is 0.674. The molecular weight excluding hydrogens is 240 g/mol. The molecule has 1 aromatic rings. The van der Waals surface area contributed by atoms with Gasteiger partial charge in [0.05, 0.1) is 19.8 Å². The van der Waals surface area contributed by atoms with Gasteiger partial charge in [-0.05, 0) is 26.2 Å². The third-order valence-corrected chi connectivity index (χ3v) is 2.54. The third-order valence-electron chi connectivity index (χ3n) is 2.54. The Balaban J connectivity index is 2.92. The lowest BCUT2D eigenvalue weighted by Gasteiger charge is -2.16. The lowest BCUT2D eigenvalue weighted by molar-refractivity contribution is 0.285. The van der Waals surface area contributed by atoms with E-state index in [0.29, 0.717) is 19.8 Å². The molecule has 0 fully saturated rings. The van der Waals surface area contributed by atoms with Crippen molar-refractivity contribution < 1.29 is 14.2 Å². The van der Waals surface area contributed by atoms with E-state index in [1.54, 1.807) is 0 Å². The molecule has 0 aliphatic heterocycles. The molecule has 0 atom stereocenters. The molecule has 3 heteroatoms. The van der Waals surface area contributed by atoms with Gasteiger partial charge < -0.3 is 14.2 Å². The van der Waals surface area contributed by atoms with Crippen LogP contribution in [-0.2, 0) is 0 Å². The van der Waals surface area contributed by atoms with Gasteiger partial charge in [-0.2, -0.15) is 0 Å². The number of rotatable bonds is 9. The van der Waals surface area contributed by atoms with Crippen molar-refractivity contribution in [1.29, 1.82) is 0 Å². The van der Waals surface area contributed by atoms with Crippen LogP contribution in [0.25, 0.3) is 0 Å². The maximum Gasteiger partial charge on any atom is 0.129 e. The maximum atomic E-state index is 5.70. The van der Waals surface area contributed by atoms with E-state index in [4.69, 9.17) is 14.2 Å². The highest BCUT2D eigenvalue weighted by molar-refractivity contribution is 5.52. The molecule has 3 nitrogen and oxygen atoms in total. The van der Waals surface area contributed by atoms with Crippen LogP contribution < -0.4 is 14.2 Å². The van der Waals surface area contributed by atoms with Crippen molar-refractivity contribution in [3.8, 4) is 17.2 Å². The number of benzene rings is 1. The standard InChI is InChI=1S/C16H25O3/c1-5-8-17-14-11-15(18-9-6-2)13(4)16(12-14)19-10-7-3/h11-12H,4-10H2,1-3H3. The average molecular weight is 265 g/mol. The van der Waals surface area contributed by atoms with E-state index in [1.165, 1.54) is 0 Å². The molecule has 1 radical (unpaired) electrons. The Hall–Kier alpha value is -1.38. The summed E-state index contributed by atoms with van der Waals surface area (Å²) in [7, 11) is 0. The van der Waals surface area contributed by atoms with Crippen LogP contribution in [0.4, 0.5) is 0 Å². The summed E-state index contributed by atoms with van der Waals surface area (Å²) in [6, 6.07) is 3.79. The zero-order chi connectivity index (χ0) is 14.1. The quantitative estimate of drug-likeness (QED) is 0.668. The van der Waals surface area contributed by atoms with Gasteiger partial charge in [0, 0.05) is 17.7 Å². The summed E-state index contributed by atoms with van der Waals surface area (Å²) in [5, 5.41) is 0. The van der Waals surface area contributed by atoms with E-state index in [-0.39, 0.29) is 0 Å². The van der Waals surface area contributed by atoms with Gasteiger partial charge in [-0.15, -0.1) is 0 Å². The Kier molecular flexibility index (Phi) is 7.16. The zero-order valence-corrected chi connectivity index (χ0v) is 12.3. The van der Waals surface area contributed by atoms with E-state index < -0.39 is 0 Å². The molecule has 0 saturated carbocycles. The first kappa shape index (κ1) is 15.7. The molecule has 0 bridgehead atoms. The lowest BCUT2D eigenvalue weighted by Crippen LogP contribution is -2.03. The fourth-order valence-electron chi connectivity index (χ4n) is 1.58. The normalized spacial score (nSPS) is 10.3. The second-order valence-electron chi connectivity index (χ2n) is 4.44. The third kappa shape index (κ3) is 5.01. The largest absolute Gasteiger partial charge is 0.493 e. The fraction of sp³-hybridized carbons (Fsp3) is 0.562. The van der Waals surface area contributed by atoms with E-state index in [2.05, 4.69) is 27.7 Å². The molecule has 0 N–H and O–H groups in total. The van der Waals surface area contributed by atoms with Crippen LogP contribution in [0.5, 0.6) is 17.2 Å². The molecule has 1 aromatic carbocycles. The molecule has 0 heterocycles. The van der Waals surface area contributed by atoms with Crippen molar-refractivity contribution in [3.63, 3.8) is 0 Å². The molecule has 0 aliphatic carbocycles. The Bertz CT molecular complexity index is 345. The van der Waals surface area contributed by atoms with Crippen LogP contribution in [0.2, 0.25) is 0 Å². The van der Waals surface area contributed by atoms with Gasteiger partial charge in [-0.25, -0.2) is 0 Å². The van der Waals surface area contributed by atoms with Crippen molar-refractivity contribution in [2.75, 3.05) is 19.8 Å². The summed E-state index contributed by atoms with van der Waals surface area (Å²) in [6.07, 6.45) is 2.90. The van der Waals surface area contributed by atoms with Gasteiger partial charge in [0.1, 0.15) is 17.2 Å². The minimum absolute atomic E-state index is 0.674. The first-order chi connectivity index (χ1) is 9.22. The van der Waals surface area contributed by atoms with Crippen LogP contribution in [0.15, 0.2) is 12.1 Å². The molecule has 0 saturated heterocycles. The van der Waals surface area contributed by atoms with Crippen LogP contribution in [0, 0.1) is 6.92 Å². The van der Waals surface area contributed by atoms with E-state index in [1.807, 2.05) is 12.1 Å². The molecule has 0 unspecified atom stereocenters. The smallest absolute Gasteiger partial charge is 0.129 e. The second-order valence-corrected chi connectivity index (χ2v) is 4.44. The van der Waals surface area contributed by atoms with Crippen molar-refractivity contribution in [2.45, 2.75) is 40.0 Å². The van der Waals surface area contributed by atoms with Gasteiger partial charge in [-0.1, -0.05) is 20.8 Å². The van der Waals surface area contributed by atoms with Gasteiger partial charge in [0.2, 0.25) is 0 Å². The molecule has 19 heavy (non-hydrogen) atoms. The molecule has 0 aliphatic rings. The van der Waals surface area contributed by atoms with Crippen LogP contribution in [0.3, 0.4) is 0 Å². The van der Waals surface area contributed by atoms with Gasteiger partial charge in [0.15, 0.2) is 0 Å². The zero-order valence-electron chi connectivity index (χ0n) is 12.3. The highest BCUT2D eigenvalue weighted by Gasteiger charge is 2.10. The van der Waals surface area contributed by atoms with Crippen molar-refractivity contribution >= 4 is 0 Å². The molecular formula is C16H25O3. The van der Waals surface area contributed by atoms with Crippen molar-refractivity contribution in [1.82, 2.24) is 0 Å². The molecule has 0 aromatic heterocycles. The van der Waals surface area contributed by atoms with Gasteiger partial charge in [-0.3, -0.25) is 0 Å². The Morgan fingerprint density at radius 3 is 1.63 bits per heavy atom. The van der Waals surface area contributed by atoms with E-state index in [9.17, 15) is 0 Å². The van der Waals surface area contributed by atoms with Gasteiger partial charge in [0.25, 0.3) is 0 Å². The molecule has 1 rings (SSSR count). The van der Waals surface area contributed by atoms with Crippen LogP contribution in [0.1, 0.15) is 45.6 Å². The Morgan fingerprint density at radius 1 is 0.789 bits per heavy atom. The molecule has 107 valence electrons. The summed E-state index contributed by atoms with van der Waals surface area (Å²) >= 11 is 0. The minimum Gasteiger partial charge on any atom is -0.493 e. The average Bonchev–Trinajstić information content (AvgIpc) is 2.43. The number of ether oxygens (including phenoxy) is 3. The highest BCUT2D eigenvalue weighted by atomic mass is 16.5. The summed E-state index contributed by atoms with van der Waals surface area (Å²) < 4.78 is 17.1. The summed E-state index contributed by atoms with van der Waals surface area (Å²) in [5.41, 5.74) is 0.797. The Labute approximate surface area is 116 Å². The summed E-state index contributed by atoms with van der Waals surface area (Å²) in [4.78, 5) is 0. The predicted molar refractivity (Wildman–Crippen MR) is 78.3 cm³/mol. The van der Waals surface area contributed by atoms with Crippen molar-refractivity contribution in [3.05, 3.63) is 24.6 Å². The van der Waals surface area contributed by atoms with E-state index >= 15 is 0 Å². The monoisotopic (exact) mass is 265 g/mol. The van der Waals surface area contributed by atoms with E-state index in [0.717, 1.165) is 42.1 Å². The summed E-state index contributed by atoms with van der Waals surface area (Å²) in [6.45, 7) is 12.3. The Morgan fingerprint density at radius 2 is 1.21 bits per heavy atom. The molecule has 0 amide bonds. The fourth-order valence-corrected chi connectivity index (χ4v) is 1.58.